The van der Waals surface area contributed by atoms with Gasteiger partial charge in [0.1, 0.15) is 0 Å². The van der Waals surface area contributed by atoms with Crippen molar-refractivity contribution in [2.75, 3.05) is 26.3 Å². The molecule has 1 aromatic heterocycles. The molecule has 2 aromatic rings. The lowest BCUT2D eigenvalue weighted by Gasteiger charge is -2.28. The molecule has 0 unspecified atom stereocenters. The Balaban J connectivity index is 2.27. The fraction of sp³-hybridized carbons (Fsp3) is 0.316. The molecule has 0 saturated carbocycles. The number of pyridine rings is 1. The molecule has 1 aliphatic heterocycles. The van der Waals surface area contributed by atoms with E-state index >= 15 is 0 Å². The summed E-state index contributed by atoms with van der Waals surface area (Å²) in [6.45, 7) is 5.20. The summed E-state index contributed by atoms with van der Waals surface area (Å²) in [7, 11) is 0. The van der Waals surface area contributed by atoms with Crippen LogP contribution in [-0.4, -0.2) is 53.2 Å². The minimum Gasteiger partial charge on any atom is -0.478 e. The van der Waals surface area contributed by atoms with Crippen molar-refractivity contribution in [2.24, 2.45) is 0 Å². The monoisotopic (exact) mass is 374 g/mol. The van der Waals surface area contributed by atoms with Gasteiger partial charge in [-0.3, -0.25) is 9.78 Å². The van der Waals surface area contributed by atoms with E-state index in [9.17, 15) is 14.7 Å². The number of aromatic nitrogens is 1. The van der Waals surface area contributed by atoms with Gasteiger partial charge in [0.2, 0.25) is 0 Å². The maximum absolute atomic E-state index is 13.2. The van der Waals surface area contributed by atoms with Crippen molar-refractivity contribution < 1.29 is 19.4 Å². The van der Waals surface area contributed by atoms with Crippen LogP contribution in [0.15, 0.2) is 24.3 Å². The zero-order chi connectivity index (χ0) is 18.8. The van der Waals surface area contributed by atoms with E-state index in [1.165, 1.54) is 0 Å². The van der Waals surface area contributed by atoms with Crippen molar-refractivity contribution >= 4 is 23.5 Å². The molecule has 2 heterocycles. The van der Waals surface area contributed by atoms with Gasteiger partial charge in [-0.2, -0.15) is 0 Å². The third-order valence-corrected chi connectivity index (χ3v) is 4.63. The van der Waals surface area contributed by atoms with Crippen LogP contribution in [0, 0.1) is 13.8 Å². The van der Waals surface area contributed by atoms with Crippen LogP contribution < -0.4 is 0 Å². The molecule has 0 aliphatic carbocycles. The third-order valence-electron chi connectivity index (χ3n) is 4.40. The topological polar surface area (TPSA) is 79.7 Å². The molecule has 1 amide bonds. The summed E-state index contributed by atoms with van der Waals surface area (Å²) in [5.41, 5.74) is 2.13. The van der Waals surface area contributed by atoms with Gasteiger partial charge in [0.25, 0.3) is 5.91 Å². The van der Waals surface area contributed by atoms with Crippen LogP contribution in [0.25, 0.3) is 11.1 Å². The van der Waals surface area contributed by atoms with E-state index in [-0.39, 0.29) is 11.5 Å². The summed E-state index contributed by atoms with van der Waals surface area (Å²) >= 11 is 6.11. The molecular formula is C19H19ClN2O4. The molecular weight excluding hydrogens is 356 g/mol. The predicted molar refractivity (Wildman–Crippen MR) is 97.8 cm³/mol. The summed E-state index contributed by atoms with van der Waals surface area (Å²) in [5.74, 6) is -1.36. The van der Waals surface area contributed by atoms with Crippen molar-refractivity contribution in [1.82, 2.24) is 9.88 Å². The predicted octanol–water partition coefficient (Wildman–Crippen LogP) is 3.19. The van der Waals surface area contributed by atoms with Crippen LogP contribution in [0.3, 0.4) is 0 Å². The summed E-state index contributed by atoms with van der Waals surface area (Å²) in [5, 5.41) is 10.2. The number of aromatic carboxylic acids is 1. The molecule has 3 rings (SSSR count). The Bertz CT molecular complexity index is 876. The number of carboxylic acids is 1. The fourth-order valence-electron chi connectivity index (χ4n) is 3.23. The van der Waals surface area contributed by atoms with Crippen molar-refractivity contribution in [3.05, 3.63) is 51.8 Å². The minimum absolute atomic E-state index is 0.0227. The number of hydrogen-bond acceptors (Lipinski definition) is 4. The smallest absolute Gasteiger partial charge is 0.338 e. The molecule has 136 valence electrons. The van der Waals surface area contributed by atoms with Gasteiger partial charge in [0, 0.05) is 23.7 Å². The average Bonchev–Trinajstić information content (AvgIpc) is 2.61. The number of nitrogens with zero attached hydrogens (tertiary/aromatic N) is 2. The number of halogens is 1. The summed E-state index contributed by atoms with van der Waals surface area (Å²) < 4.78 is 5.31. The number of morpholine rings is 1. The first-order chi connectivity index (χ1) is 12.4. The number of carbonyl (C=O) groups is 2. The zero-order valence-electron chi connectivity index (χ0n) is 14.6. The number of hydrogen-bond donors (Lipinski definition) is 1. The molecule has 0 atom stereocenters. The number of benzene rings is 1. The van der Waals surface area contributed by atoms with E-state index in [1.54, 1.807) is 43.0 Å². The van der Waals surface area contributed by atoms with Crippen molar-refractivity contribution in [3.8, 4) is 11.1 Å². The largest absolute Gasteiger partial charge is 0.478 e. The van der Waals surface area contributed by atoms with E-state index in [1.807, 2.05) is 0 Å². The number of carboxylic acid groups (broad SMARTS) is 1. The van der Waals surface area contributed by atoms with E-state index in [0.29, 0.717) is 59.4 Å². The first-order valence-electron chi connectivity index (χ1n) is 8.27. The molecule has 0 bridgehead atoms. The first-order valence-corrected chi connectivity index (χ1v) is 8.65. The highest BCUT2D eigenvalue weighted by Crippen LogP contribution is 2.33. The SMILES string of the molecule is Cc1nc(C)c(C(=O)N2CCOCC2)c(-c2cccc(Cl)c2)c1C(=O)O. The second-order valence-electron chi connectivity index (χ2n) is 6.13. The van der Waals surface area contributed by atoms with Crippen LogP contribution in [0.4, 0.5) is 0 Å². The molecule has 0 spiro atoms. The van der Waals surface area contributed by atoms with Gasteiger partial charge in [0.15, 0.2) is 0 Å². The van der Waals surface area contributed by atoms with E-state index in [4.69, 9.17) is 16.3 Å². The van der Waals surface area contributed by atoms with Gasteiger partial charge in [0.05, 0.1) is 35.7 Å². The molecule has 26 heavy (non-hydrogen) atoms. The molecule has 1 N–H and O–H groups in total. The zero-order valence-corrected chi connectivity index (χ0v) is 15.3. The summed E-state index contributed by atoms with van der Waals surface area (Å²) in [6.07, 6.45) is 0. The van der Waals surface area contributed by atoms with Crippen LogP contribution in [0.1, 0.15) is 32.1 Å². The van der Waals surface area contributed by atoms with Gasteiger partial charge in [-0.1, -0.05) is 23.7 Å². The maximum atomic E-state index is 13.2. The lowest BCUT2D eigenvalue weighted by Crippen LogP contribution is -2.41. The maximum Gasteiger partial charge on any atom is 0.338 e. The normalized spacial score (nSPS) is 14.3. The molecule has 7 heteroatoms. The van der Waals surface area contributed by atoms with Crippen LogP contribution >= 0.6 is 11.6 Å². The molecule has 0 radical (unpaired) electrons. The van der Waals surface area contributed by atoms with Gasteiger partial charge >= 0.3 is 5.97 Å². The second kappa shape index (κ2) is 7.43. The number of amides is 1. The molecule has 1 aliphatic rings. The molecule has 6 nitrogen and oxygen atoms in total. The van der Waals surface area contributed by atoms with Crippen molar-refractivity contribution in [1.29, 1.82) is 0 Å². The highest BCUT2D eigenvalue weighted by Gasteiger charge is 2.29. The standard InChI is InChI=1S/C19H19ClN2O4/c1-11-15(18(23)22-6-8-26-9-7-22)17(13-4-3-5-14(20)10-13)16(19(24)25)12(2)21-11/h3-5,10H,6-9H2,1-2H3,(H,24,25). The van der Waals surface area contributed by atoms with Crippen LogP contribution in [0.5, 0.6) is 0 Å². The van der Waals surface area contributed by atoms with Crippen molar-refractivity contribution in [2.45, 2.75) is 13.8 Å². The minimum atomic E-state index is -1.12. The van der Waals surface area contributed by atoms with Crippen molar-refractivity contribution in [3.63, 3.8) is 0 Å². The molecule has 1 saturated heterocycles. The Hall–Kier alpha value is -2.44. The van der Waals surface area contributed by atoms with Gasteiger partial charge in [-0.15, -0.1) is 0 Å². The quantitative estimate of drug-likeness (QED) is 0.892. The van der Waals surface area contributed by atoms with Gasteiger partial charge < -0.3 is 14.7 Å². The van der Waals surface area contributed by atoms with Crippen LogP contribution in [-0.2, 0) is 4.74 Å². The summed E-state index contributed by atoms with van der Waals surface area (Å²) in [4.78, 5) is 31.1. The lowest BCUT2D eigenvalue weighted by atomic mass is 9.91. The Morgan fingerprint density at radius 2 is 1.81 bits per heavy atom. The second-order valence-corrected chi connectivity index (χ2v) is 6.56. The fourth-order valence-corrected chi connectivity index (χ4v) is 3.42. The number of aryl methyl sites for hydroxylation is 2. The highest BCUT2D eigenvalue weighted by atomic mass is 35.5. The Morgan fingerprint density at radius 3 is 2.42 bits per heavy atom. The number of rotatable bonds is 3. The average molecular weight is 375 g/mol. The lowest BCUT2D eigenvalue weighted by molar-refractivity contribution is 0.0302. The van der Waals surface area contributed by atoms with Crippen LogP contribution in [0.2, 0.25) is 5.02 Å². The highest BCUT2D eigenvalue weighted by molar-refractivity contribution is 6.31. The number of ether oxygens (including phenoxy) is 1. The van der Waals surface area contributed by atoms with E-state index in [2.05, 4.69) is 4.98 Å². The van der Waals surface area contributed by atoms with E-state index in [0.717, 1.165) is 0 Å². The van der Waals surface area contributed by atoms with E-state index < -0.39 is 5.97 Å². The molecule has 1 aromatic carbocycles. The summed E-state index contributed by atoms with van der Waals surface area (Å²) in [6, 6.07) is 6.86. The Kier molecular flexibility index (Phi) is 5.25. The Labute approximate surface area is 156 Å². The third kappa shape index (κ3) is 3.43. The molecule has 1 fully saturated rings. The number of carbonyl (C=O) groups excluding carboxylic acids is 1. The first kappa shape index (κ1) is 18.4. The van der Waals surface area contributed by atoms with Gasteiger partial charge in [-0.25, -0.2) is 4.79 Å². The Morgan fingerprint density at radius 1 is 1.15 bits per heavy atom. The van der Waals surface area contributed by atoms with Gasteiger partial charge in [-0.05, 0) is 31.5 Å².